The number of rotatable bonds is 35. The zero-order chi connectivity index (χ0) is 40.2. The minimum Gasteiger partial charge on any atom is -0.394 e. The van der Waals surface area contributed by atoms with Crippen molar-refractivity contribution in [3.05, 3.63) is 60.8 Å². The Labute approximate surface area is 335 Å². The van der Waals surface area contributed by atoms with Gasteiger partial charge in [0.1, 0.15) is 24.4 Å². The fraction of sp³-hybridized carbons (Fsp3) is 0.761. The number of unbranched alkanes of at least 4 members (excludes halogenated alkanes) is 17. The fourth-order valence-corrected chi connectivity index (χ4v) is 6.58. The summed E-state index contributed by atoms with van der Waals surface area (Å²) in [6, 6.07) is -0.843. The van der Waals surface area contributed by atoms with Gasteiger partial charge in [-0.3, -0.25) is 4.79 Å². The number of carbonyl (C=O) groups excluding carboxylic acids is 1. The topological polar surface area (TPSA) is 149 Å². The van der Waals surface area contributed by atoms with Crippen LogP contribution in [0.5, 0.6) is 0 Å². The Hall–Kier alpha value is -2.11. The number of nitrogens with one attached hydrogen (secondary N) is 1. The molecule has 9 heteroatoms. The summed E-state index contributed by atoms with van der Waals surface area (Å²) in [5.74, 6) is -0.259. The molecule has 7 atom stereocenters. The first-order chi connectivity index (χ1) is 26.8. The number of carbonyl (C=O) groups is 1. The van der Waals surface area contributed by atoms with Crippen molar-refractivity contribution in [3.8, 4) is 0 Å². The van der Waals surface area contributed by atoms with Crippen LogP contribution >= 0.6 is 0 Å². The molecule has 0 aromatic carbocycles. The van der Waals surface area contributed by atoms with Crippen molar-refractivity contribution >= 4 is 5.91 Å². The largest absolute Gasteiger partial charge is 0.394 e. The van der Waals surface area contributed by atoms with E-state index < -0.39 is 49.5 Å². The van der Waals surface area contributed by atoms with Gasteiger partial charge in [0.05, 0.1) is 25.4 Å². The van der Waals surface area contributed by atoms with Crippen LogP contribution in [0.1, 0.15) is 168 Å². The van der Waals surface area contributed by atoms with Crippen LogP contribution in [-0.2, 0) is 14.3 Å². The molecule has 1 aliphatic rings. The predicted octanol–water partition coefficient (Wildman–Crippen LogP) is 8.83. The zero-order valence-electron chi connectivity index (χ0n) is 34.7. The Morgan fingerprint density at radius 2 is 1.13 bits per heavy atom. The highest BCUT2D eigenvalue weighted by Crippen LogP contribution is 2.22. The van der Waals surface area contributed by atoms with Crippen molar-refractivity contribution in [3.63, 3.8) is 0 Å². The van der Waals surface area contributed by atoms with Crippen LogP contribution < -0.4 is 5.32 Å². The number of amides is 1. The molecule has 7 unspecified atom stereocenters. The summed E-state index contributed by atoms with van der Waals surface area (Å²) < 4.78 is 11.2. The van der Waals surface area contributed by atoms with Gasteiger partial charge in [-0.15, -0.1) is 0 Å². The van der Waals surface area contributed by atoms with Crippen LogP contribution in [0.4, 0.5) is 0 Å². The molecular formula is C46H81NO8. The van der Waals surface area contributed by atoms with Gasteiger partial charge >= 0.3 is 0 Å². The summed E-state index contributed by atoms with van der Waals surface area (Å²) in [6.07, 6.45) is 39.9. The van der Waals surface area contributed by atoms with Gasteiger partial charge in [-0.1, -0.05) is 177 Å². The van der Waals surface area contributed by atoms with Crippen molar-refractivity contribution in [1.29, 1.82) is 0 Å². The molecule has 6 N–H and O–H groups in total. The fourth-order valence-electron chi connectivity index (χ4n) is 6.58. The van der Waals surface area contributed by atoms with E-state index in [-0.39, 0.29) is 18.9 Å². The summed E-state index contributed by atoms with van der Waals surface area (Å²) in [4.78, 5) is 12.9. The van der Waals surface area contributed by atoms with E-state index >= 15 is 0 Å². The molecule has 0 aromatic heterocycles. The van der Waals surface area contributed by atoms with E-state index in [1.54, 1.807) is 6.08 Å². The highest BCUT2D eigenvalue weighted by atomic mass is 16.7. The lowest BCUT2D eigenvalue weighted by molar-refractivity contribution is -0.302. The van der Waals surface area contributed by atoms with Gasteiger partial charge in [0, 0.05) is 6.42 Å². The molecular weight excluding hydrogens is 695 g/mol. The molecule has 1 aliphatic heterocycles. The lowest BCUT2D eigenvalue weighted by atomic mass is 9.99. The van der Waals surface area contributed by atoms with Crippen molar-refractivity contribution in [2.24, 2.45) is 0 Å². The van der Waals surface area contributed by atoms with Gasteiger partial charge in [-0.05, 0) is 44.9 Å². The lowest BCUT2D eigenvalue weighted by Crippen LogP contribution is -2.60. The molecule has 1 fully saturated rings. The maximum Gasteiger partial charge on any atom is 0.220 e. The van der Waals surface area contributed by atoms with Gasteiger partial charge in [0.25, 0.3) is 0 Å². The average molecular weight is 776 g/mol. The molecule has 55 heavy (non-hydrogen) atoms. The molecule has 0 bridgehead atoms. The molecule has 1 amide bonds. The van der Waals surface area contributed by atoms with Crippen LogP contribution in [0.25, 0.3) is 0 Å². The highest BCUT2D eigenvalue weighted by molar-refractivity contribution is 5.76. The SMILES string of the molecule is CC/C=C\C/C=C\C/C=C\C/C=C\CCC(=O)NC(COC1OC(CO)C(O)C(O)C1O)C(O)/C=C/CCCCCCCCCCCCCCCCCCC. The summed E-state index contributed by atoms with van der Waals surface area (Å²) in [6.45, 7) is 3.60. The maximum atomic E-state index is 12.9. The minimum absolute atomic E-state index is 0.219. The van der Waals surface area contributed by atoms with Crippen molar-refractivity contribution in [1.82, 2.24) is 5.32 Å². The number of hydrogen-bond donors (Lipinski definition) is 6. The smallest absolute Gasteiger partial charge is 0.220 e. The van der Waals surface area contributed by atoms with E-state index in [1.807, 2.05) is 18.2 Å². The normalized spacial score (nSPS) is 21.9. The standard InChI is InChI=1S/C46H81NO8/c1-3-5-7-9-11-13-15-17-18-19-20-21-22-24-25-27-29-31-33-35-40(49)39(38-54-46-45(53)44(52)43(51)41(37-48)55-46)47-42(50)36-34-32-30-28-26-23-16-14-12-10-8-6-4-2/h6,8,12,14,23,26,30,32-33,35,39-41,43-46,48-49,51-53H,3-5,7,9-11,13,15-22,24-25,27-29,31,34,36-38H2,1-2H3,(H,47,50)/b8-6-,14-12-,26-23-,32-30-,35-33+. The zero-order valence-corrected chi connectivity index (χ0v) is 34.7. The molecule has 1 heterocycles. The number of aliphatic hydroxyl groups excluding tert-OH is 5. The summed E-state index contributed by atoms with van der Waals surface area (Å²) >= 11 is 0. The van der Waals surface area contributed by atoms with E-state index in [9.17, 15) is 30.3 Å². The second-order valence-electron chi connectivity index (χ2n) is 15.1. The average Bonchev–Trinajstić information content (AvgIpc) is 3.18. The Bertz CT molecular complexity index is 1040. The second kappa shape index (κ2) is 36.2. The number of allylic oxidation sites excluding steroid dienone is 9. The monoisotopic (exact) mass is 776 g/mol. The summed E-state index contributed by atoms with van der Waals surface area (Å²) in [5.41, 5.74) is 0. The van der Waals surface area contributed by atoms with Gasteiger partial charge in [0.15, 0.2) is 6.29 Å². The predicted molar refractivity (Wildman–Crippen MR) is 226 cm³/mol. The molecule has 0 saturated carbocycles. The van der Waals surface area contributed by atoms with E-state index in [4.69, 9.17) is 9.47 Å². The van der Waals surface area contributed by atoms with Gasteiger partial charge in [-0.25, -0.2) is 0 Å². The third-order valence-electron chi connectivity index (χ3n) is 10.1. The molecule has 1 saturated heterocycles. The molecule has 0 aromatic rings. The Morgan fingerprint density at radius 1 is 0.636 bits per heavy atom. The number of ether oxygens (including phenoxy) is 2. The van der Waals surface area contributed by atoms with Crippen LogP contribution in [0, 0.1) is 0 Å². The number of aliphatic hydroxyl groups is 5. The van der Waals surface area contributed by atoms with E-state index in [0.29, 0.717) is 6.42 Å². The third kappa shape index (κ3) is 27.2. The van der Waals surface area contributed by atoms with Crippen molar-refractivity contribution in [2.45, 2.75) is 211 Å². The lowest BCUT2D eigenvalue weighted by Gasteiger charge is -2.40. The van der Waals surface area contributed by atoms with Gasteiger partial charge < -0.3 is 40.3 Å². The van der Waals surface area contributed by atoms with Crippen LogP contribution in [-0.4, -0.2) is 87.5 Å². The first-order valence-corrected chi connectivity index (χ1v) is 22.0. The summed E-state index contributed by atoms with van der Waals surface area (Å²) in [5, 5.41) is 54.0. The molecule has 0 aliphatic carbocycles. The molecule has 0 radical (unpaired) electrons. The maximum absolute atomic E-state index is 12.9. The minimum atomic E-state index is -1.58. The van der Waals surface area contributed by atoms with Crippen molar-refractivity contribution in [2.75, 3.05) is 13.2 Å². The summed E-state index contributed by atoms with van der Waals surface area (Å²) in [7, 11) is 0. The Balaban J connectivity index is 2.41. The van der Waals surface area contributed by atoms with E-state index in [1.165, 1.54) is 96.3 Å². The molecule has 1 rings (SSSR count). The van der Waals surface area contributed by atoms with E-state index in [2.05, 4.69) is 55.6 Å². The number of hydrogen-bond acceptors (Lipinski definition) is 8. The molecule has 0 spiro atoms. The van der Waals surface area contributed by atoms with Crippen LogP contribution in [0.3, 0.4) is 0 Å². The van der Waals surface area contributed by atoms with E-state index in [0.717, 1.165) is 44.9 Å². The second-order valence-corrected chi connectivity index (χ2v) is 15.1. The highest BCUT2D eigenvalue weighted by Gasteiger charge is 2.44. The van der Waals surface area contributed by atoms with Gasteiger partial charge in [0.2, 0.25) is 5.91 Å². The van der Waals surface area contributed by atoms with Crippen LogP contribution in [0.15, 0.2) is 60.8 Å². The first kappa shape index (κ1) is 50.9. The van der Waals surface area contributed by atoms with Crippen molar-refractivity contribution < 1.29 is 39.8 Å². The Kier molecular flexibility index (Phi) is 33.5. The third-order valence-corrected chi connectivity index (χ3v) is 10.1. The first-order valence-electron chi connectivity index (χ1n) is 22.0. The molecule has 9 nitrogen and oxygen atoms in total. The quantitative estimate of drug-likeness (QED) is 0.0277. The molecule has 318 valence electrons. The van der Waals surface area contributed by atoms with Crippen LogP contribution in [0.2, 0.25) is 0 Å². The van der Waals surface area contributed by atoms with Gasteiger partial charge in [-0.2, -0.15) is 0 Å². The Morgan fingerprint density at radius 3 is 1.64 bits per heavy atom.